The number of carbonyl (C=O) groups is 1. The minimum atomic E-state index is -0.617. The molecule has 8 heteroatoms. The van der Waals surface area contributed by atoms with Crippen molar-refractivity contribution < 1.29 is 4.79 Å². The van der Waals surface area contributed by atoms with Crippen molar-refractivity contribution in [2.24, 2.45) is 7.05 Å². The minimum absolute atomic E-state index is 0.170. The lowest BCUT2D eigenvalue weighted by Crippen LogP contribution is -2.42. The van der Waals surface area contributed by atoms with Crippen LogP contribution in [0.5, 0.6) is 0 Å². The van der Waals surface area contributed by atoms with Crippen LogP contribution in [0.15, 0.2) is 64.3 Å². The normalized spacial score (nSPS) is 11.0. The Kier molecular flexibility index (Phi) is 5.68. The van der Waals surface area contributed by atoms with Gasteiger partial charge in [0.1, 0.15) is 11.9 Å². The summed E-state index contributed by atoms with van der Waals surface area (Å²) in [4.78, 5) is 47.1. The Morgan fingerprint density at radius 2 is 1.84 bits per heavy atom. The number of nitrogens with zero attached hydrogens (tertiary/aromatic N) is 4. The van der Waals surface area contributed by atoms with E-state index < -0.39 is 23.7 Å². The smallest absolute Gasteiger partial charge is 0.325 e. The fraction of sp³-hybridized carbons (Fsp3) is 0.208. The zero-order valence-electron chi connectivity index (χ0n) is 18.1. The monoisotopic (exact) mass is 429 g/mol. The Balaban J connectivity index is 1.69. The highest BCUT2D eigenvalue weighted by Crippen LogP contribution is 2.17. The first-order valence-corrected chi connectivity index (χ1v) is 10.3. The molecule has 2 aromatic heterocycles. The maximum absolute atomic E-state index is 13.0. The van der Waals surface area contributed by atoms with Gasteiger partial charge in [-0.05, 0) is 31.0 Å². The van der Waals surface area contributed by atoms with E-state index in [0.29, 0.717) is 11.5 Å². The summed E-state index contributed by atoms with van der Waals surface area (Å²) in [5.74, 6) is -0.0489. The van der Waals surface area contributed by atoms with Crippen LogP contribution in [0.25, 0.3) is 22.4 Å². The van der Waals surface area contributed by atoms with Gasteiger partial charge in [-0.2, -0.15) is 0 Å². The number of aryl methyl sites for hydroxylation is 3. The first kappa shape index (κ1) is 21.2. The summed E-state index contributed by atoms with van der Waals surface area (Å²) in [5.41, 5.74) is 2.57. The molecular weight excluding hydrogens is 406 g/mol. The van der Waals surface area contributed by atoms with Crippen molar-refractivity contribution in [2.75, 3.05) is 5.32 Å². The number of rotatable bonds is 5. The zero-order valence-corrected chi connectivity index (χ0v) is 18.1. The topological polar surface area (TPSA) is 98.9 Å². The van der Waals surface area contributed by atoms with Crippen LogP contribution in [0.1, 0.15) is 18.1 Å². The van der Waals surface area contributed by atoms with Crippen molar-refractivity contribution in [2.45, 2.75) is 26.8 Å². The van der Waals surface area contributed by atoms with Crippen LogP contribution in [-0.2, 0) is 24.8 Å². The van der Waals surface area contributed by atoms with Crippen LogP contribution in [0, 0.1) is 6.92 Å². The molecule has 0 aliphatic heterocycles. The van der Waals surface area contributed by atoms with Crippen molar-refractivity contribution >= 4 is 22.6 Å². The summed E-state index contributed by atoms with van der Waals surface area (Å²) < 4.78 is 2.16. The number of anilines is 1. The molecule has 4 aromatic rings. The summed E-state index contributed by atoms with van der Waals surface area (Å²) in [6, 6.07) is 15.1. The van der Waals surface area contributed by atoms with Gasteiger partial charge in [-0.25, -0.2) is 14.8 Å². The predicted octanol–water partition coefficient (Wildman–Crippen LogP) is 2.67. The Bertz CT molecular complexity index is 1440. The minimum Gasteiger partial charge on any atom is -0.325 e. The first-order valence-electron chi connectivity index (χ1n) is 10.3. The Labute approximate surface area is 184 Å². The highest BCUT2D eigenvalue weighted by Gasteiger charge is 2.16. The SMILES string of the molecule is CCc1cccc(NC(=O)Cn2c(=O)c3cnc(-c4ccc(C)cc4)nc3n(C)c2=O)c1. The van der Waals surface area contributed by atoms with Crippen molar-refractivity contribution in [3.05, 3.63) is 86.7 Å². The van der Waals surface area contributed by atoms with Gasteiger partial charge in [-0.3, -0.25) is 18.7 Å². The van der Waals surface area contributed by atoms with Crippen LogP contribution in [0.4, 0.5) is 5.69 Å². The number of amides is 1. The molecule has 0 saturated carbocycles. The number of fused-ring (bicyclic) bond motifs is 1. The number of aromatic nitrogens is 4. The van der Waals surface area contributed by atoms with Gasteiger partial charge in [0.15, 0.2) is 11.5 Å². The third kappa shape index (κ3) is 4.07. The fourth-order valence-corrected chi connectivity index (χ4v) is 3.48. The van der Waals surface area contributed by atoms with E-state index in [1.807, 2.05) is 56.3 Å². The molecule has 1 amide bonds. The molecule has 2 heterocycles. The van der Waals surface area contributed by atoms with Gasteiger partial charge in [0, 0.05) is 24.5 Å². The van der Waals surface area contributed by atoms with Gasteiger partial charge >= 0.3 is 5.69 Å². The first-order chi connectivity index (χ1) is 15.4. The molecule has 0 spiro atoms. The average Bonchev–Trinajstić information content (AvgIpc) is 2.80. The van der Waals surface area contributed by atoms with Crippen LogP contribution in [0.3, 0.4) is 0 Å². The van der Waals surface area contributed by atoms with E-state index in [1.165, 1.54) is 17.8 Å². The van der Waals surface area contributed by atoms with Crippen LogP contribution >= 0.6 is 0 Å². The van der Waals surface area contributed by atoms with Crippen molar-refractivity contribution in [1.29, 1.82) is 0 Å². The van der Waals surface area contributed by atoms with E-state index in [2.05, 4.69) is 15.3 Å². The van der Waals surface area contributed by atoms with Gasteiger partial charge in [0.25, 0.3) is 5.56 Å². The molecule has 4 rings (SSSR count). The molecule has 0 atom stereocenters. The number of carbonyl (C=O) groups excluding carboxylic acids is 1. The lowest BCUT2D eigenvalue weighted by Gasteiger charge is -2.11. The molecule has 0 aliphatic rings. The van der Waals surface area contributed by atoms with E-state index in [1.54, 1.807) is 6.07 Å². The molecule has 32 heavy (non-hydrogen) atoms. The van der Waals surface area contributed by atoms with Crippen LogP contribution in [-0.4, -0.2) is 25.0 Å². The Morgan fingerprint density at radius 3 is 2.56 bits per heavy atom. The zero-order chi connectivity index (χ0) is 22.8. The lowest BCUT2D eigenvalue weighted by atomic mass is 10.1. The molecular formula is C24H23N5O3. The molecule has 0 aliphatic carbocycles. The van der Waals surface area contributed by atoms with Crippen molar-refractivity contribution in [3.63, 3.8) is 0 Å². The molecule has 162 valence electrons. The molecule has 0 fully saturated rings. The van der Waals surface area contributed by atoms with Gasteiger partial charge in [0.05, 0.1) is 0 Å². The Morgan fingerprint density at radius 1 is 1.09 bits per heavy atom. The molecule has 0 saturated heterocycles. The maximum Gasteiger partial charge on any atom is 0.332 e. The van der Waals surface area contributed by atoms with Crippen molar-refractivity contribution in [3.8, 4) is 11.4 Å². The summed E-state index contributed by atoms with van der Waals surface area (Å²) in [6.07, 6.45) is 2.23. The highest BCUT2D eigenvalue weighted by molar-refractivity contribution is 5.90. The summed E-state index contributed by atoms with van der Waals surface area (Å²) in [5, 5.41) is 2.91. The van der Waals surface area contributed by atoms with E-state index >= 15 is 0 Å². The highest BCUT2D eigenvalue weighted by atomic mass is 16.2. The number of hydrogen-bond donors (Lipinski definition) is 1. The molecule has 0 bridgehead atoms. The largest absolute Gasteiger partial charge is 0.332 e. The fourth-order valence-electron chi connectivity index (χ4n) is 3.48. The second kappa shape index (κ2) is 8.58. The van der Waals surface area contributed by atoms with Gasteiger partial charge in [-0.1, -0.05) is 48.9 Å². The summed E-state index contributed by atoms with van der Waals surface area (Å²) in [6.45, 7) is 3.59. The van der Waals surface area contributed by atoms with E-state index in [-0.39, 0.29) is 11.0 Å². The number of benzene rings is 2. The average molecular weight is 429 g/mol. The number of nitrogens with one attached hydrogen (secondary N) is 1. The maximum atomic E-state index is 13.0. The molecule has 8 nitrogen and oxygen atoms in total. The summed E-state index contributed by atoms with van der Waals surface area (Å²) in [7, 11) is 1.52. The third-order valence-electron chi connectivity index (χ3n) is 5.31. The van der Waals surface area contributed by atoms with E-state index in [9.17, 15) is 14.4 Å². The van der Waals surface area contributed by atoms with Crippen LogP contribution in [0.2, 0.25) is 0 Å². The third-order valence-corrected chi connectivity index (χ3v) is 5.31. The lowest BCUT2D eigenvalue weighted by molar-refractivity contribution is -0.116. The predicted molar refractivity (Wildman–Crippen MR) is 124 cm³/mol. The molecule has 1 N–H and O–H groups in total. The quantitative estimate of drug-likeness (QED) is 0.526. The summed E-state index contributed by atoms with van der Waals surface area (Å²) >= 11 is 0. The molecule has 0 unspecified atom stereocenters. The Hall–Kier alpha value is -4.07. The van der Waals surface area contributed by atoms with Gasteiger partial charge in [-0.15, -0.1) is 0 Å². The molecule has 2 aromatic carbocycles. The second-order valence-electron chi connectivity index (χ2n) is 7.63. The standard InChI is InChI=1S/C24H23N5O3/c1-4-16-6-5-7-18(12-16)26-20(30)14-29-23(31)19-13-25-21(17-10-8-15(2)9-11-17)27-22(19)28(3)24(29)32/h5-13H,4,14H2,1-3H3,(H,26,30). The van der Waals surface area contributed by atoms with Crippen molar-refractivity contribution in [1.82, 2.24) is 19.1 Å². The molecule has 0 radical (unpaired) electrons. The number of hydrogen-bond acceptors (Lipinski definition) is 5. The van der Waals surface area contributed by atoms with Crippen LogP contribution < -0.4 is 16.6 Å². The van der Waals surface area contributed by atoms with Gasteiger partial charge in [0.2, 0.25) is 5.91 Å². The van der Waals surface area contributed by atoms with E-state index in [0.717, 1.165) is 27.7 Å². The van der Waals surface area contributed by atoms with Gasteiger partial charge < -0.3 is 5.32 Å². The second-order valence-corrected chi connectivity index (χ2v) is 7.63. The van der Waals surface area contributed by atoms with E-state index in [4.69, 9.17) is 0 Å².